The predicted molar refractivity (Wildman–Crippen MR) is 153 cm³/mol. The number of ether oxygens (including phenoxy) is 1. The van der Waals surface area contributed by atoms with Crippen molar-refractivity contribution in [3.63, 3.8) is 0 Å². The van der Waals surface area contributed by atoms with Crippen molar-refractivity contribution in [2.24, 2.45) is 21.7 Å². The number of hydrogen-bond donors (Lipinski definition) is 0. The highest BCUT2D eigenvalue weighted by molar-refractivity contribution is 6.28. The van der Waals surface area contributed by atoms with Crippen molar-refractivity contribution in [3.05, 3.63) is 23.3 Å². The highest BCUT2D eigenvalue weighted by Crippen LogP contribution is 2.45. The first kappa shape index (κ1) is 30.9. The Bertz CT molecular complexity index is 952. The molecule has 0 bridgehead atoms. The molecule has 0 aromatic carbocycles. The lowest BCUT2D eigenvalue weighted by Gasteiger charge is -2.43. The van der Waals surface area contributed by atoms with Crippen LogP contribution in [0.1, 0.15) is 114 Å². The summed E-state index contributed by atoms with van der Waals surface area (Å²) in [6.45, 7) is 19.0. The Morgan fingerprint density at radius 1 is 1.22 bits per heavy atom. The zero-order chi connectivity index (χ0) is 28.0. The van der Waals surface area contributed by atoms with Crippen molar-refractivity contribution in [1.82, 2.24) is 4.90 Å². The van der Waals surface area contributed by atoms with E-state index in [0.717, 1.165) is 50.5 Å². The average molecular weight is 511 g/mol. The Labute approximate surface area is 226 Å². The number of amides is 1. The van der Waals surface area contributed by atoms with Gasteiger partial charge in [0.05, 0.1) is 18.4 Å². The lowest BCUT2D eigenvalue weighted by molar-refractivity contribution is -0.142. The second kappa shape index (κ2) is 12.5. The molecule has 5 nitrogen and oxygen atoms in total. The van der Waals surface area contributed by atoms with Gasteiger partial charge in [-0.05, 0) is 88.0 Å². The first-order valence-corrected chi connectivity index (χ1v) is 14.0. The molecule has 206 valence electrons. The molecule has 1 spiro atoms. The third kappa shape index (κ3) is 8.59. The van der Waals surface area contributed by atoms with Gasteiger partial charge in [-0.15, -0.1) is 12.3 Å². The maximum absolute atomic E-state index is 13.5. The molecule has 2 rings (SSSR count). The molecule has 0 aromatic rings. The normalized spacial score (nSPS) is 24.4. The largest absolute Gasteiger partial charge is 0.460 e. The summed E-state index contributed by atoms with van der Waals surface area (Å²) in [5, 5.41) is 0. The van der Waals surface area contributed by atoms with Gasteiger partial charge in [0, 0.05) is 12.0 Å². The number of hydrogen-bond acceptors (Lipinski definition) is 4. The van der Waals surface area contributed by atoms with Gasteiger partial charge in [0.2, 0.25) is 0 Å². The second-order valence-electron chi connectivity index (χ2n) is 13.5. The summed E-state index contributed by atoms with van der Waals surface area (Å²) in [7, 11) is 0. The standard InChI is InChI=1S/C32H50N2O3/c1-11-13-25(16-15-24(4)29(36)37-23(2)3)27(18-20-30(5,6)7)34-28(35)22-33-32(34)19-12-14-26(17-21-32)31(8,9)10/h1,15-16,22-23,26-27H,12-14,17-21H2,2-10H3/b24-15+,25-16+. The number of esters is 1. The van der Waals surface area contributed by atoms with Gasteiger partial charge in [-0.1, -0.05) is 53.7 Å². The molecule has 2 aliphatic rings. The minimum absolute atomic E-state index is 0.0315. The predicted octanol–water partition coefficient (Wildman–Crippen LogP) is 7.26. The van der Waals surface area contributed by atoms with E-state index in [4.69, 9.17) is 16.2 Å². The van der Waals surface area contributed by atoms with Crippen LogP contribution in [-0.2, 0) is 14.3 Å². The van der Waals surface area contributed by atoms with E-state index in [1.807, 2.05) is 24.8 Å². The summed E-state index contributed by atoms with van der Waals surface area (Å²) >= 11 is 0. The summed E-state index contributed by atoms with van der Waals surface area (Å²) in [6, 6.07) is -0.179. The number of aliphatic imine (C=N–C) groups is 1. The number of carbonyl (C=O) groups is 2. The summed E-state index contributed by atoms with van der Waals surface area (Å²) in [5.74, 6) is 3.04. The van der Waals surface area contributed by atoms with Crippen molar-refractivity contribution in [2.45, 2.75) is 131 Å². The first-order valence-electron chi connectivity index (χ1n) is 14.0. The fraction of sp³-hybridized carbons (Fsp3) is 0.719. The zero-order valence-electron chi connectivity index (χ0n) is 24.8. The molecule has 1 aliphatic heterocycles. The molecular weight excluding hydrogens is 460 g/mol. The van der Waals surface area contributed by atoms with Crippen LogP contribution in [-0.4, -0.2) is 40.8 Å². The van der Waals surface area contributed by atoms with Crippen molar-refractivity contribution < 1.29 is 14.3 Å². The van der Waals surface area contributed by atoms with Gasteiger partial charge in [-0.2, -0.15) is 0 Å². The van der Waals surface area contributed by atoms with Crippen LogP contribution in [0, 0.1) is 29.1 Å². The Morgan fingerprint density at radius 2 is 1.89 bits per heavy atom. The molecule has 1 fully saturated rings. The molecule has 3 atom stereocenters. The van der Waals surface area contributed by atoms with Crippen LogP contribution >= 0.6 is 0 Å². The molecule has 0 saturated heterocycles. The highest BCUT2D eigenvalue weighted by Gasteiger charge is 2.48. The third-order valence-electron chi connectivity index (χ3n) is 7.77. The van der Waals surface area contributed by atoms with E-state index < -0.39 is 5.66 Å². The number of nitrogens with zero attached hydrogens (tertiary/aromatic N) is 2. The number of rotatable bonds is 8. The first-order chi connectivity index (χ1) is 17.1. The Morgan fingerprint density at radius 3 is 2.46 bits per heavy atom. The SMILES string of the molecule is C#CC/C(=C\C=C(/C)C(=O)OC(C)C)C(CCC(C)(C)C)N1C(=O)C=NC12CCCC(C(C)(C)C)CC2. The molecule has 1 amide bonds. The average Bonchev–Trinajstić information content (AvgIpc) is 2.94. The molecule has 37 heavy (non-hydrogen) atoms. The van der Waals surface area contributed by atoms with Gasteiger partial charge in [-0.25, -0.2) is 4.79 Å². The van der Waals surface area contributed by atoms with E-state index in [0.29, 0.717) is 17.9 Å². The maximum Gasteiger partial charge on any atom is 0.333 e. The van der Waals surface area contributed by atoms with Gasteiger partial charge < -0.3 is 9.64 Å². The van der Waals surface area contributed by atoms with Crippen molar-refractivity contribution in [1.29, 1.82) is 0 Å². The summed E-state index contributed by atoms with van der Waals surface area (Å²) in [4.78, 5) is 32.9. The van der Waals surface area contributed by atoms with E-state index >= 15 is 0 Å². The lowest BCUT2D eigenvalue weighted by atomic mass is 9.76. The molecule has 5 heteroatoms. The van der Waals surface area contributed by atoms with Crippen LogP contribution in [0.2, 0.25) is 0 Å². The van der Waals surface area contributed by atoms with Crippen LogP contribution in [0.25, 0.3) is 0 Å². The fourth-order valence-corrected chi connectivity index (χ4v) is 5.55. The van der Waals surface area contributed by atoms with Crippen LogP contribution in [0.4, 0.5) is 0 Å². The van der Waals surface area contributed by atoms with E-state index in [1.165, 1.54) is 6.21 Å². The van der Waals surface area contributed by atoms with Crippen LogP contribution in [0.3, 0.4) is 0 Å². The number of terminal acetylenes is 1. The fourth-order valence-electron chi connectivity index (χ4n) is 5.55. The molecule has 1 saturated carbocycles. The van der Waals surface area contributed by atoms with Crippen molar-refractivity contribution >= 4 is 18.1 Å². The maximum atomic E-state index is 13.5. The molecule has 1 heterocycles. The number of allylic oxidation sites excluding steroid dienone is 2. The summed E-state index contributed by atoms with van der Waals surface area (Å²) < 4.78 is 5.35. The zero-order valence-corrected chi connectivity index (χ0v) is 24.8. The van der Waals surface area contributed by atoms with Crippen LogP contribution in [0.15, 0.2) is 28.3 Å². The molecule has 3 unspecified atom stereocenters. The minimum Gasteiger partial charge on any atom is -0.460 e. The molecular formula is C32H50N2O3. The smallest absolute Gasteiger partial charge is 0.333 e. The second-order valence-corrected chi connectivity index (χ2v) is 13.5. The Kier molecular flexibility index (Phi) is 10.4. The topological polar surface area (TPSA) is 59.0 Å². The van der Waals surface area contributed by atoms with E-state index in [-0.39, 0.29) is 34.9 Å². The molecule has 1 aliphatic carbocycles. The molecule has 0 radical (unpaired) electrons. The lowest BCUT2D eigenvalue weighted by Crippen LogP contribution is -2.52. The van der Waals surface area contributed by atoms with Gasteiger partial charge in [0.1, 0.15) is 5.66 Å². The van der Waals surface area contributed by atoms with Gasteiger partial charge in [-0.3, -0.25) is 9.79 Å². The molecule has 0 N–H and O–H groups in total. The highest BCUT2D eigenvalue weighted by atomic mass is 16.5. The summed E-state index contributed by atoms with van der Waals surface area (Å²) in [6.07, 6.45) is 18.0. The monoisotopic (exact) mass is 510 g/mol. The van der Waals surface area contributed by atoms with E-state index in [2.05, 4.69) is 47.5 Å². The van der Waals surface area contributed by atoms with E-state index in [9.17, 15) is 9.59 Å². The number of carbonyl (C=O) groups excluding carboxylic acids is 2. The quantitative estimate of drug-likeness (QED) is 0.149. The van der Waals surface area contributed by atoms with Crippen molar-refractivity contribution in [3.8, 4) is 12.3 Å². The van der Waals surface area contributed by atoms with Crippen LogP contribution < -0.4 is 0 Å². The summed E-state index contributed by atoms with van der Waals surface area (Å²) in [5.41, 5.74) is 1.29. The van der Waals surface area contributed by atoms with Gasteiger partial charge >= 0.3 is 5.97 Å². The third-order valence-corrected chi connectivity index (χ3v) is 7.77. The Hall–Kier alpha value is -2.35. The Balaban J connectivity index is 2.50. The van der Waals surface area contributed by atoms with Crippen LogP contribution in [0.5, 0.6) is 0 Å². The van der Waals surface area contributed by atoms with Gasteiger partial charge in [0.15, 0.2) is 0 Å². The molecule has 0 aromatic heterocycles. The minimum atomic E-state index is -0.525. The van der Waals surface area contributed by atoms with Crippen molar-refractivity contribution in [2.75, 3.05) is 0 Å². The van der Waals surface area contributed by atoms with Gasteiger partial charge in [0.25, 0.3) is 5.91 Å². The van der Waals surface area contributed by atoms with E-state index in [1.54, 1.807) is 13.0 Å².